The van der Waals surface area contributed by atoms with Crippen LogP contribution in [0.4, 0.5) is 0 Å². The fraction of sp³-hybridized carbons (Fsp3) is 0.526. The van der Waals surface area contributed by atoms with Crippen molar-refractivity contribution in [2.45, 2.75) is 46.1 Å². The van der Waals surface area contributed by atoms with Crippen LogP contribution in [0.5, 0.6) is 0 Å². The Morgan fingerprint density at radius 2 is 1.96 bits per heavy atom. The van der Waals surface area contributed by atoms with Crippen molar-refractivity contribution in [3.63, 3.8) is 0 Å². The number of aryl methyl sites for hydroxylation is 1. The average Bonchev–Trinajstić information content (AvgIpc) is 2.97. The summed E-state index contributed by atoms with van der Waals surface area (Å²) >= 11 is 0. The highest BCUT2D eigenvalue weighted by atomic mass is 127. The van der Waals surface area contributed by atoms with Gasteiger partial charge in [0.1, 0.15) is 12.4 Å². The van der Waals surface area contributed by atoms with Gasteiger partial charge in [0, 0.05) is 25.0 Å². The first kappa shape index (κ1) is 23.2. The number of hydrogen-bond donors (Lipinski definition) is 4. The van der Waals surface area contributed by atoms with Crippen LogP contribution in [0.15, 0.2) is 29.3 Å². The summed E-state index contributed by atoms with van der Waals surface area (Å²) < 4.78 is 0. The molecule has 0 aliphatic rings. The Balaban J connectivity index is 0.00000364. The Hall–Kier alpha value is -1.84. The number of carbonyl (C=O) groups is 1. The van der Waals surface area contributed by atoms with E-state index in [4.69, 9.17) is 0 Å². The van der Waals surface area contributed by atoms with Crippen molar-refractivity contribution in [2.75, 3.05) is 19.6 Å². The second-order valence-corrected chi connectivity index (χ2v) is 7.22. The van der Waals surface area contributed by atoms with Gasteiger partial charge in [0.25, 0.3) is 0 Å². The van der Waals surface area contributed by atoms with Gasteiger partial charge >= 0.3 is 0 Å². The molecule has 0 unspecified atom stereocenters. The average molecular weight is 486 g/mol. The molecule has 0 saturated carbocycles. The Morgan fingerprint density at radius 3 is 2.63 bits per heavy atom. The number of amides is 1. The van der Waals surface area contributed by atoms with E-state index in [1.54, 1.807) is 0 Å². The van der Waals surface area contributed by atoms with E-state index < -0.39 is 0 Å². The largest absolute Gasteiger partial charge is 0.357 e. The standard InChI is InChI=1S/C19H30N6O.HI/c1-5-20-18(22-13-17(26)25-19(2,3)4)21-12-8-11-16-23-14-9-6-7-10-15(14)24-16;/h6-7,9-10H,5,8,11-13H2,1-4H3,(H,23,24)(H,25,26)(H2,20,21,22);1H. The molecule has 0 saturated heterocycles. The third-order valence-corrected chi connectivity index (χ3v) is 3.56. The molecule has 0 atom stereocenters. The number of H-pyrrole nitrogens is 1. The number of halogens is 1. The van der Waals surface area contributed by atoms with Gasteiger partial charge in [0.15, 0.2) is 5.96 Å². The van der Waals surface area contributed by atoms with Crippen molar-refractivity contribution in [1.29, 1.82) is 0 Å². The number of aromatic nitrogens is 2. The molecule has 1 amide bonds. The van der Waals surface area contributed by atoms with Crippen molar-refractivity contribution in [3.05, 3.63) is 30.1 Å². The number of guanidine groups is 1. The summed E-state index contributed by atoms with van der Waals surface area (Å²) in [6, 6.07) is 8.03. The minimum atomic E-state index is -0.245. The highest BCUT2D eigenvalue weighted by Crippen LogP contribution is 2.11. The first-order valence-electron chi connectivity index (χ1n) is 9.14. The molecule has 0 fully saturated rings. The SMILES string of the molecule is CCNC(=NCC(=O)NC(C)(C)C)NCCCc1nc2ccccc2[nH]1.I. The van der Waals surface area contributed by atoms with Crippen LogP contribution in [0, 0.1) is 0 Å². The Kier molecular flexibility index (Phi) is 9.54. The molecule has 0 aliphatic carbocycles. The molecule has 27 heavy (non-hydrogen) atoms. The second kappa shape index (κ2) is 11.1. The predicted octanol–water partition coefficient (Wildman–Crippen LogP) is 2.58. The molecule has 4 N–H and O–H groups in total. The van der Waals surface area contributed by atoms with Crippen molar-refractivity contribution >= 4 is 46.9 Å². The van der Waals surface area contributed by atoms with Gasteiger partial charge in [-0.3, -0.25) is 4.79 Å². The lowest BCUT2D eigenvalue weighted by Gasteiger charge is -2.20. The molecule has 1 aromatic heterocycles. The number of aliphatic imine (C=N–C) groups is 1. The zero-order chi connectivity index (χ0) is 19.0. The van der Waals surface area contributed by atoms with Crippen LogP contribution < -0.4 is 16.0 Å². The van der Waals surface area contributed by atoms with Crippen LogP contribution in [-0.4, -0.2) is 47.0 Å². The number of imidazole rings is 1. The summed E-state index contributed by atoms with van der Waals surface area (Å²) in [5, 5.41) is 9.32. The summed E-state index contributed by atoms with van der Waals surface area (Å²) in [6.07, 6.45) is 1.77. The van der Waals surface area contributed by atoms with Gasteiger partial charge in [-0.25, -0.2) is 9.98 Å². The second-order valence-electron chi connectivity index (χ2n) is 7.22. The maximum atomic E-state index is 11.9. The molecule has 1 heterocycles. The van der Waals surface area contributed by atoms with Crippen molar-refractivity contribution in [2.24, 2.45) is 4.99 Å². The molecular formula is C19H31IN6O. The minimum Gasteiger partial charge on any atom is -0.357 e. The van der Waals surface area contributed by atoms with Crippen LogP contribution in [0.2, 0.25) is 0 Å². The van der Waals surface area contributed by atoms with Gasteiger partial charge in [-0.2, -0.15) is 0 Å². The normalized spacial score (nSPS) is 11.8. The first-order chi connectivity index (χ1) is 12.4. The number of nitrogens with zero attached hydrogens (tertiary/aromatic N) is 2. The molecule has 150 valence electrons. The van der Waals surface area contributed by atoms with E-state index in [-0.39, 0.29) is 42.0 Å². The van der Waals surface area contributed by atoms with Gasteiger partial charge in [-0.15, -0.1) is 24.0 Å². The topological polar surface area (TPSA) is 94.2 Å². The molecule has 0 spiro atoms. The number of benzene rings is 1. The number of nitrogens with one attached hydrogen (secondary N) is 4. The number of para-hydroxylation sites is 2. The van der Waals surface area contributed by atoms with Crippen molar-refractivity contribution in [1.82, 2.24) is 25.9 Å². The number of fused-ring (bicyclic) bond motifs is 1. The Labute approximate surface area is 178 Å². The molecule has 8 heteroatoms. The molecule has 1 aromatic carbocycles. The molecule has 2 rings (SSSR count). The predicted molar refractivity (Wildman–Crippen MR) is 122 cm³/mol. The Morgan fingerprint density at radius 1 is 1.22 bits per heavy atom. The lowest BCUT2D eigenvalue weighted by Crippen LogP contribution is -2.43. The molecule has 0 aliphatic heterocycles. The van der Waals surface area contributed by atoms with E-state index in [0.29, 0.717) is 5.96 Å². The van der Waals surface area contributed by atoms with Gasteiger partial charge in [0.2, 0.25) is 5.91 Å². The number of carbonyl (C=O) groups excluding carboxylic acids is 1. The van der Waals surface area contributed by atoms with Crippen LogP contribution in [0.3, 0.4) is 0 Å². The molecule has 0 bridgehead atoms. The van der Waals surface area contributed by atoms with Crippen LogP contribution in [-0.2, 0) is 11.2 Å². The van der Waals surface area contributed by atoms with E-state index in [1.807, 2.05) is 52.0 Å². The molecule has 0 radical (unpaired) electrons. The third kappa shape index (κ3) is 8.59. The Bertz CT molecular complexity index is 717. The van der Waals surface area contributed by atoms with Gasteiger partial charge in [-0.05, 0) is 46.2 Å². The quantitative estimate of drug-likeness (QED) is 0.210. The minimum absolute atomic E-state index is 0. The van der Waals surface area contributed by atoms with E-state index >= 15 is 0 Å². The molecular weight excluding hydrogens is 455 g/mol. The highest BCUT2D eigenvalue weighted by Gasteiger charge is 2.13. The lowest BCUT2D eigenvalue weighted by atomic mass is 10.1. The summed E-state index contributed by atoms with van der Waals surface area (Å²) in [6.45, 7) is 9.47. The number of hydrogen-bond acceptors (Lipinski definition) is 3. The van der Waals surface area contributed by atoms with E-state index in [9.17, 15) is 4.79 Å². The van der Waals surface area contributed by atoms with E-state index in [0.717, 1.165) is 42.8 Å². The zero-order valence-electron chi connectivity index (χ0n) is 16.6. The van der Waals surface area contributed by atoms with Crippen molar-refractivity contribution in [3.8, 4) is 0 Å². The molecule has 2 aromatic rings. The summed E-state index contributed by atoms with van der Waals surface area (Å²) in [5.41, 5.74) is 1.82. The van der Waals surface area contributed by atoms with Crippen LogP contribution in [0.25, 0.3) is 11.0 Å². The maximum Gasteiger partial charge on any atom is 0.242 e. The molecule has 7 nitrogen and oxygen atoms in total. The summed E-state index contributed by atoms with van der Waals surface area (Å²) in [4.78, 5) is 24.1. The number of aromatic amines is 1. The van der Waals surface area contributed by atoms with Crippen molar-refractivity contribution < 1.29 is 4.79 Å². The van der Waals surface area contributed by atoms with Crippen LogP contribution >= 0.6 is 24.0 Å². The van der Waals surface area contributed by atoms with Gasteiger partial charge in [-0.1, -0.05) is 12.1 Å². The maximum absolute atomic E-state index is 11.9. The first-order valence-corrected chi connectivity index (χ1v) is 9.14. The smallest absolute Gasteiger partial charge is 0.242 e. The van der Waals surface area contributed by atoms with E-state index in [1.165, 1.54) is 0 Å². The highest BCUT2D eigenvalue weighted by molar-refractivity contribution is 14.0. The monoisotopic (exact) mass is 486 g/mol. The third-order valence-electron chi connectivity index (χ3n) is 3.56. The fourth-order valence-corrected chi connectivity index (χ4v) is 2.54. The van der Waals surface area contributed by atoms with Gasteiger partial charge in [0.05, 0.1) is 11.0 Å². The van der Waals surface area contributed by atoms with Crippen LogP contribution in [0.1, 0.15) is 39.9 Å². The fourth-order valence-electron chi connectivity index (χ4n) is 2.54. The van der Waals surface area contributed by atoms with Gasteiger partial charge < -0.3 is 20.9 Å². The number of rotatable bonds is 7. The zero-order valence-corrected chi connectivity index (χ0v) is 18.9. The lowest BCUT2D eigenvalue weighted by molar-refractivity contribution is -0.121. The summed E-state index contributed by atoms with van der Waals surface area (Å²) in [5.74, 6) is 1.55. The van der Waals surface area contributed by atoms with E-state index in [2.05, 4.69) is 30.9 Å². The summed E-state index contributed by atoms with van der Waals surface area (Å²) in [7, 11) is 0.